The molecule has 0 aliphatic rings. The second kappa shape index (κ2) is 16.3. The average molecular weight is 894 g/mol. The Labute approximate surface area is 441 Å². The van der Waals surface area contributed by atoms with Crippen LogP contribution in [0.4, 0.5) is 0 Å². The Kier molecular flexibility index (Phi) is 10.7. The summed E-state index contributed by atoms with van der Waals surface area (Å²) >= 11 is 0. The van der Waals surface area contributed by atoms with Crippen molar-refractivity contribution >= 4 is 315 Å². The third-order valence-electron chi connectivity index (χ3n) is 19.4. The lowest BCUT2D eigenvalue weighted by molar-refractivity contribution is 1.59. The Morgan fingerprint density at radius 1 is 0.167 bits per heavy atom. The fourth-order valence-electron chi connectivity index (χ4n) is 14.4. The molecule has 72 heavy (non-hydrogen) atoms. The van der Waals surface area contributed by atoms with Crippen LogP contribution < -0.4 is 98.3 Å². The number of rotatable bonds is 4. The van der Waals surface area contributed by atoms with Gasteiger partial charge in [-0.1, -0.05) is 148 Å². The number of benzene rings is 12. The van der Waals surface area contributed by atoms with Crippen molar-refractivity contribution < 1.29 is 0 Å². The van der Waals surface area contributed by atoms with Gasteiger partial charge in [0.15, 0.2) is 0 Å². The van der Waals surface area contributed by atoms with Gasteiger partial charge >= 0.3 is 0 Å². The van der Waals surface area contributed by atoms with E-state index in [4.69, 9.17) is 0 Å². The molecule has 12 aromatic rings. The van der Waals surface area contributed by atoms with Crippen LogP contribution in [-0.4, -0.2) is 141 Å². The summed E-state index contributed by atoms with van der Waals surface area (Å²) < 4.78 is 0. The minimum absolute atomic E-state index is 1.23. The summed E-state index contributed by atoms with van der Waals surface area (Å²) in [6.07, 6.45) is 0. The smallest absolute Gasteiger partial charge is 0.100 e. The second-order valence-electron chi connectivity index (χ2n) is 22.4. The molecular weight excluding hydrogens is 843 g/mol. The van der Waals surface area contributed by atoms with E-state index in [1.54, 1.807) is 0 Å². The molecule has 0 N–H and O–H groups in total. The summed E-state index contributed by atoms with van der Waals surface area (Å²) in [5, 5.41) is 19.8. The van der Waals surface area contributed by atoms with Crippen molar-refractivity contribution in [2.45, 2.75) is 0 Å². The van der Waals surface area contributed by atoms with Gasteiger partial charge in [0.25, 0.3) is 0 Å². The molecule has 12 aromatic carbocycles. The highest BCUT2D eigenvalue weighted by Crippen LogP contribution is 2.40. The van der Waals surface area contributed by atoms with Crippen LogP contribution in [0.3, 0.4) is 0 Å². The van der Waals surface area contributed by atoms with Crippen molar-refractivity contribution in [3.05, 3.63) is 84.9 Å². The van der Waals surface area contributed by atoms with Gasteiger partial charge in [0, 0.05) is 0 Å². The Morgan fingerprint density at radius 2 is 0.444 bits per heavy atom. The van der Waals surface area contributed by atoms with Crippen molar-refractivity contribution in [3.63, 3.8) is 0 Å². The van der Waals surface area contributed by atoms with Gasteiger partial charge in [0.05, 0.1) is 0 Å². The maximum Gasteiger partial charge on any atom is 0.139 e. The molecule has 0 unspecified atom stereocenters. The first-order valence-corrected chi connectivity index (χ1v) is 26.4. The van der Waals surface area contributed by atoms with Gasteiger partial charge < -0.3 is 0 Å². The molecule has 0 aromatic heterocycles. The van der Waals surface area contributed by atoms with E-state index in [9.17, 15) is 0 Å². The van der Waals surface area contributed by atoms with E-state index in [2.05, 4.69) is 226 Å². The van der Waals surface area contributed by atoms with Gasteiger partial charge in [-0.05, 0) is 144 Å². The van der Waals surface area contributed by atoms with Gasteiger partial charge in [0.1, 0.15) is 141 Å². The SMILES string of the molecule is Bc1c(B)c2c(B)c(B)c3c(B)c(B)c(-c4ccc(-c5cc(-c6ccc7ccccc7c6)cc(-c6c(B)c(B)c7c(B)c(B)c8c(B)c(B)c(B)c9c(B)c(B)c6c7c89)c5)cc4)c4c(B)c(B)c(c1B)c2c34. The van der Waals surface area contributed by atoms with Crippen LogP contribution in [0, 0.1) is 0 Å². The lowest BCUT2D eigenvalue weighted by Gasteiger charge is -2.29. The van der Waals surface area contributed by atoms with E-state index in [1.807, 2.05) is 0 Å². The Bertz CT molecular complexity index is 4420. The zero-order valence-electron chi connectivity index (χ0n) is 46.1. The molecule has 0 fully saturated rings. The highest BCUT2D eigenvalue weighted by atomic mass is 14.3. The molecule has 0 nitrogen and oxygen atoms in total. The van der Waals surface area contributed by atoms with Crippen LogP contribution in [-0.2, 0) is 0 Å². The molecule has 12 rings (SSSR count). The molecule has 0 amide bonds. The Hall–Kier alpha value is -5.85. The quantitative estimate of drug-likeness (QED) is 0.122. The van der Waals surface area contributed by atoms with Crippen molar-refractivity contribution in [2.24, 2.45) is 0 Å². The van der Waals surface area contributed by atoms with Crippen LogP contribution in [0.2, 0.25) is 0 Å². The van der Waals surface area contributed by atoms with Crippen LogP contribution in [0.1, 0.15) is 0 Å². The summed E-state index contributed by atoms with van der Waals surface area (Å²) in [7, 11) is 42.5. The van der Waals surface area contributed by atoms with Crippen LogP contribution >= 0.6 is 0 Å². The van der Waals surface area contributed by atoms with Gasteiger partial charge in [-0.25, -0.2) is 0 Å². The molecule has 0 bridgehead atoms. The second-order valence-corrected chi connectivity index (χ2v) is 22.4. The maximum absolute atomic E-state index is 2.50. The van der Waals surface area contributed by atoms with E-state index in [0.29, 0.717) is 0 Å². The summed E-state index contributed by atoms with van der Waals surface area (Å²) in [5.74, 6) is 0. The summed E-state index contributed by atoms with van der Waals surface area (Å²) in [5.41, 5.74) is 35.5. The molecule has 0 heterocycles. The number of hydrogen-bond acceptors (Lipinski definition) is 0. The molecule has 0 spiro atoms. The minimum atomic E-state index is 1.23. The monoisotopic (exact) mass is 897 g/mol. The molecule has 0 aliphatic heterocycles. The molecular formula is C54H50B18. The van der Waals surface area contributed by atoms with E-state index >= 15 is 0 Å². The van der Waals surface area contributed by atoms with E-state index < -0.39 is 0 Å². The summed E-state index contributed by atoms with van der Waals surface area (Å²) in [4.78, 5) is 0. The molecule has 0 saturated carbocycles. The van der Waals surface area contributed by atoms with E-state index in [-0.39, 0.29) is 0 Å². The van der Waals surface area contributed by atoms with E-state index in [0.717, 1.165) is 0 Å². The van der Waals surface area contributed by atoms with E-state index in [1.165, 1.54) is 218 Å². The fraction of sp³-hybridized carbons (Fsp3) is 0. The predicted octanol–water partition coefficient (Wildman–Crippen LogP) is -16.0. The minimum Gasteiger partial charge on any atom is -0.100 e. The van der Waals surface area contributed by atoms with Crippen molar-refractivity contribution in [1.29, 1.82) is 0 Å². The number of fused-ring (bicyclic) bond motifs is 1. The summed E-state index contributed by atoms with van der Waals surface area (Å²) in [6.45, 7) is 0. The normalized spacial score (nSPS) is 12.1. The molecule has 0 atom stereocenters. The first-order chi connectivity index (χ1) is 34.3. The lowest BCUT2D eigenvalue weighted by atomic mass is 9.58. The topological polar surface area (TPSA) is 0 Å². The molecule has 320 valence electrons. The Balaban J connectivity index is 1.14. The first kappa shape index (κ1) is 47.2. The summed E-state index contributed by atoms with van der Waals surface area (Å²) in [6, 6.07) is 32.8. The zero-order valence-corrected chi connectivity index (χ0v) is 46.1. The molecule has 0 aliphatic carbocycles. The zero-order chi connectivity index (χ0) is 51.0. The largest absolute Gasteiger partial charge is 0.139 e. The van der Waals surface area contributed by atoms with Crippen molar-refractivity contribution in [2.75, 3.05) is 0 Å². The van der Waals surface area contributed by atoms with Gasteiger partial charge in [-0.2, -0.15) is 0 Å². The number of hydrogen-bond donors (Lipinski definition) is 0. The standard InChI is InChI=1S/C54H50B18/c55-37-23(29-25-27-33(43(61)39(29)57)49(67)53(71)51(69)35(27)47(65)45(63)31(25)41(37)59)17-8-5-16(6-9-17)20-12-21(19-10-7-15-3-1-2-4-18(15)11-19)14-22(13-20)24-30-26-28-34(44(62)40(30)58)50(68)54(72)52(70)36(28)48(66)46(64)32(26)42(60)38(24)56/h1-14H,55-72H2. The third-order valence-corrected chi connectivity index (χ3v) is 19.4. The van der Waals surface area contributed by atoms with Gasteiger partial charge in [0.2, 0.25) is 0 Å². The first-order valence-electron chi connectivity index (χ1n) is 26.4. The average Bonchev–Trinajstić information content (AvgIpc) is 3.37. The highest BCUT2D eigenvalue weighted by Gasteiger charge is 2.28. The molecule has 0 radical (unpaired) electrons. The van der Waals surface area contributed by atoms with Gasteiger partial charge in [-0.15, -0.1) is 10.9 Å². The van der Waals surface area contributed by atoms with Crippen LogP contribution in [0.15, 0.2) is 84.9 Å². The van der Waals surface area contributed by atoms with Gasteiger partial charge in [-0.3, -0.25) is 0 Å². The molecule has 0 saturated heterocycles. The molecule has 18 heteroatoms. The van der Waals surface area contributed by atoms with Crippen molar-refractivity contribution in [1.82, 2.24) is 0 Å². The fourth-order valence-corrected chi connectivity index (χ4v) is 14.4. The predicted molar refractivity (Wildman–Crippen MR) is 380 cm³/mol. The van der Waals surface area contributed by atoms with Crippen molar-refractivity contribution in [3.8, 4) is 44.5 Å². The lowest BCUT2D eigenvalue weighted by Crippen LogP contribution is -2.48. The highest BCUT2D eigenvalue weighted by molar-refractivity contribution is 6.77. The van der Waals surface area contributed by atoms with Crippen LogP contribution in [0.5, 0.6) is 0 Å². The maximum atomic E-state index is 2.50. The van der Waals surface area contributed by atoms with Crippen LogP contribution in [0.25, 0.3) is 120 Å². The Morgan fingerprint density at radius 3 is 0.861 bits per heavy atom. The third kappa shape index (κ3) is 6.14.